The molecule has 2 aliphatic rings. The summed E-state index contributed by atoms with van der Waals surface area (Å²) >= 11 is 1.83. The zero-order valence-corrected chi connectivity index (χ0v) is 16.4. The Morgan fingerprint density at radius 3 is 2.85 bits per heavy atom. The highest BCUT2D eigenvalue weighted by Gasteiger charge is 2.49. The van der Waals surface area contributed by atoms with Crippen molar-refractivity contribution in [3.05, 3.63) is 0 Å². The summed E-state index contributed by atoms with van der Waals surface area (Å²) in [5.41, 5.74) is 2.37. The molecule has 2 bridgehead atoms. The van der Waals surface area contributed by atoms with E-state index in [9.17, 15) is 18.0 Å². The van der Waals surface area contributed by atoms with Crippen molar-refractivity contribution >= 4 is 34.1 Å². The molecule has 2 heterocycles. The van der Waals surface area contributed by atoms with Gasteiger partial charge < -0.3 is 4.90 Å². The molecule has 0 aromatic heterocycles. The Balaban J connectivity index is 1.81. The highest BCUT2D eigenvalue weighted by molar-refractivity contribution is 7.99. The summed E-state index contributed by atoms with van der Waals surface area (Å²) in [6, 6.07) is -2.06. The van der Waals surface area contributed by atoms with Crippen LogP contribution in [0, 0.1) is 5.92 Å². The zero-order chi connectivity index (χ0) is 19.3. The predicted molar refractivity (Wildman–Crippen MR) is 94.3 cm³/mol. The third kappa shape index (κ3) is 5.71. The summed E-state index contributed by atoms with van der Waals surface area (Å²) in [7, 11) is -4.80. The van der Waals surface area contributed by atoms with Gasteiger partial charge in [0, 0.05) is 6.54 Å². The van der Waals surface area contributed by atoms with Gasteiger partial charge in [0.25, 0.3) is 5.91 Å². The van der Waals surface area contributed by atoms with Gasteiger partial charge >= 0.3 is 16.4 Å². The topological polar surface area (TPSA) is 125 Å². The lowest BCUT2D eigenvalue weighted by atomic mass is 10.0. The van der Waals surface area contributed by atoms with E-state index in [-0.39, 0.29) is 12.5 Å². The molecule has 0 spiro atoms. The van der Waals surface area contributed by atoms with Crippen LogP contribution < -0.4 is 5.48 Å². The van der Waals surface area contributed by atoms with Crippen molar-refractivity contribution in [1.82, 2.24) is 15.4 Å². The molecule has 12 heteroatoms. The van der Waals surface area contributed by atoms with Gasteiger partial charge in [0.15, 0.2) is 0 Å². The Labute approximate surface area is 157 Å². The first kappa shape index (κ1) is 21.2. The summed E-state index contributed by atoms with van der Waals surface area (Å²) in [5.74, 6) is 1.83. The summed E-state index contributed by atoms with van der Waals surface area (Å²) in [4.78, 5) is 31.0. The van der Waals surface area contributed by atoms with E-state index < -0.39 is 34.4 Å². The van der Waals surface area contributed by atoms with Crippen LogP contribution in [-0.4, -0.2) is 71.6 Å². The molecule has 0 radical (unpaired) electrons. The van der Waals surface area contributed by atoms with Gasteiger partial charge in [-0.15, -0.1) is 4.28 Å². The molecular formula is C14H25N3O7S2. The maximum Gasteiger partial charge on any atom is 0.418 e. The van der Waals surface area contributed by atoms with E-state index in [1.807, 2.05) is 18.7 Å². The lowest BCUT2D eigenvalue weighted by molar-refractivity contribution is -0.139. The third-order valence-corrected chi connectivity index (χ3v) is 5.94. The van der Waals surface area contributed by atoms with Gasteiger partial charge in [0.1, 0.15) is 6.04 Å². The fraction of sp³-hybridized carbons (Fsp3) is 0.857. The van der Waals surface area contributed by atoms with Gasteiger partial charge in [-0.25, -0.2) is 10.3 Å². The van der Waals surface area contributed by atoms with Crippen molar-refractivity contribution in [1.29, 1.82) is 0 Å². The van der Waals surface area contributed by atoms with Crippen LogP contribution in [0.2, 0.25) is 0 Å². The van der Waals surface area contributed by atoms with E-state index in [1.54, 1.807) is 0 Å². The zero-order valence-electron chi connectivity index (χ0n) is 14.8. The number of carbonyl (C=O) groups is 2. The highest BCUT2D eigenvalue weighted by Crippen LogP contribution is 2.30. The third-order valence-electron chi connectivity index (χ3n) is 4.09. The Hall–Kier alpha value is -1.08. The second-order valence-corrected chi connectivity index (χ2v) is 8.62. The first-order valence-corrected chi connectivity index (χ1v) is 11.0. The van der Waals surface area contributed by atoms with Crippen LogP contribution in [0.15, 0.2) is 0 Å². The van der Waals surface area contributed by atoms with E-state index in [2.05, 4.69) is 16.7 Å². The number of amides is 3. The van der Waals surface area contributed by atoms with Crippen molar-refractivity contribution < 1.29 is 31.7 Å². The molecule has 150 valence electrons. The molecular weight excluding hydrogens is 386 g/mol. The summed E-state index contributed by atoms with van der Waals surface area (Å²) in [5, 5.41) is 0.608. The van der Waals surface area contributed by atoms with E-state index in [0.717, 1.165) is 17.9 Å². The largest absolute Gasteiger partial charge is 0.418 e. The number of nitrogens with one attached hydrogen (secondary N) is 1. The number of nitrogens with zero attached hydrogens (tertiary/aromatic N) is 2. The first-order chi connectivity index (χ1) is 12.2. The van der Waals surface area contributed by atoms with Gasteiger partial charge in [-0.05, 0) is 36.7 Å². The summed E-state index contributed by atoms with van der Waals surface area (Å²) < 4.78 is 34.8. The molecule has 10 nitrogen and oxygen atoms in total. The smallest absolute Gasteiger partial charge is 0.309 e. The van der Waals surface area contributed by atoms with Crippen molar-refractivity contribution in [3.63, 3.8) is 0 Å². The Morgan fingerprint density at radius 2 is 2.19 bits per heavy atom. The molecule has 2 saturated heterocycles. The maximum atomic E-state index is 12.3. The molecule has 0 aromatic rings. The highest BCUT2D eigenvalue weighted by atomic mass is 32.3. The second-order valence-electron chi connectivity index (χ2n) is 6.47. The summed E-state index contributed by atoms with van der Waals surface area (Å²) in [6.07, 6.45) is 1.83. The van der Waals surface area contributed by atoms with Crippen molar-refractivity contribution in [3.8, 4) is 0 Å². The Bertz CT molecular complexity index is 616. The SMILES string of the molecule is CCCSCC(C)CONC(=O)[C@@H]1CC[C@@H]2CN1C(=O)N2OS(=O)(=O)O. The van der Waals surface area contributed by atoms with Gasteiger partial charge in [-0.3, -0.25) is 14.2 Å². The lowest BCUT2D eigenvalue weighted by Crippen LogP contribution is -2.50. The molecule has 2 rings (SSSR count). The summed E-state index contributed by atoms with van der Waals surface area (Å²) in [6.45, 7) is 4.65. The number of carbonyl (C=O) groups excluding carboxylic acids is 2. The quantitative estimate of drug-likeness (QED) is 0.307. The average molecular weight is 412 g/mol. The van der Waals surface area contributed by atoms with E-state index in [0.29, 0.717) is 24.5 Å². The van der Waals surface area contributed by atoms with Crippen LogP contribution in [0.3, 0.4) is 0 Å². The number of thioether (sulfide) groups is 1. The molecule has 0 aromatic carbocycles. The fourth-order valence-corrected chi connectivity index (χ4v) is 4.25. The van der Waals surface area contributed by atoms with Gasteiger partial charge in [0.2, 0.25) is 0 Å². The van der Waals surface area contributed by atoms with Gasteiger partial charge in [-0.2, -0.15) is 25.2 Å². The van der Waals surface area contributed by atoms with E-state index in [1.165, 1.54) is 4.90 Å². The van der Waals surface area contributed by atoms with Crippen LogP contribution in [0.25, 0.3) is 0 Å². The molecule has 1 unspecified atom stereocenters. The minimum Gasteiger partial charge on any atom is -0.309 e. The lowest BCUT2D eigenvalue weighted by Gasteiger charge is -2.29. The molecule has 2 N–H and O–H groups in total. The van der Waals surface area contributed by atoms with Crippen LogP contribution in [0.5, 0.6) is 0 Å². The number of fused-ring (bicyclic) bond motifs is 2. The van der Waals surface area contributed by atoms with Gasteiger partial charge in [0.05, 0.1) is 12.6 Å². The predicted octanol–water partition coefficient (Wildman–Crippen LogP) is 0.817. The normalized spacial score (nSPS) is 24.0. The molecule has 26 heavy (non-hydrogen) atoms. The Kier molecular flexibility index (Phi) is 7.52. The van der Waals surface area contributed by atoms with E-state index in [4.69, 9.17) is 9.39 Å². The molecule has 3 atom stereocenters. The number of piperidine rings is 1. The number of hydrogen-bond donors (Lipinski definition) is 2. The molecule has 3 amide bonds. The molecule has 2 aliphatic heterocycles. The molecule has 0 aliphatic carbocycles. The number of urea groups is 1. The van der Waals surface area contributed by atoms with Crippen molar-refractivity contribution in [2.45, 2.75) is 45.2 Å². The fourth-order valence-electron chi connectivity index (χ4n) is 2.90. The number of hydrogen-bond acceptors (Lipinski definition) is 7. The molecule has 0 saturated carbocycles. The van der Waals surface area contributed by atoms with Crippen LogP contribution in [-0.2, 0) is 24.3 Å². The standard InChI is InChI=1S/C14H25N3O7S2/c1-3-6-25-9-10(2)8-23-15-13(18)12-5-4-11-7-16(12)14(19)17(11)24-26(20,21)22/h10-12H,3-9H2,1-2H3,(H,15,18)(H,20,21,22)/t10?,11-,12+/m1/s1. The van der Waals surface area contributed by atoms with Crippen LogP contribution >= 0.6 is 11.8 Å². The van der Waals surface area contributed by atoms with Crippen LogP contribution in [0.1, 0.15) is 33.1 Å². The second kappa shape index (κ2) is 9.22. The Morgan fingerprint density at radius 1 is 1.46 bits per heavy atom. The number of rotatable bonds is 10. The van der Waals surface area contributed by atoms with Gasteiger partial charge in [-0.1, -0.05) is 13.8 Å². The molecule has 2 fully saturated rings. The van der Waals surface area contributed by atoms with Crippen LogP contribution in [0.4, 0.5) is 4.79 Å². The first-order valence-electron chi connectivity index (χ1n) is 8.49. The van der Waals surface area contributed by atoms with Crippen molar-refractivity contribution in [2.24, 2.45) is 5.92 Å². The number of hydroxylamine groups is 3. The maximum absolute atomic E-state index is 12.3. The van der Waals surface area contributed by atoms with Crippen molar-refractivity contribution in [2.75, 3.05) is 24.7 Å². The van der Waals surface area contributed by atoms with E-state index >= 15 is 0 Å². The monoisotopic (exact) mass is 411 g/mol. The average Bonchev–Trinajstić information content (AvgIpc) is 2.79. The minimum atomic E-state index is -4.80. The minimum absolute atomic E-state index is 0.149.